The Morgan fingerprint density at radius 2 is 2.27 bits per heavy atom. The van der Waals surface area contributed by atoms with Crippen LogP contribution in [0.25, 0.3) is 0 Å². The molecule has 0 aromatic heterocycles. The monoisotopic (exact) mass is 271 g/mol. The normalized spacial score (nSPS) is 11.0. The number of carbonyl (C=O) groups excluding carboxylic acids is 1. The van der Waals surface area contributed by atoms with E-state index in [4.69, 9.17) is 5.53 Å². The van der Waals surface area contributed by atoms with Gasteiger partial charge in [0, 0.05) is 0 Å². The Balaban J connectivity index is 3.58. The number of carbonyl (C=O) groups is 1. The number of halogens is 1. The van der Waals surface area contributed by atoms with Gasteiger partial charge in [-0.25, -0.2) is 0 Å². The van der Waals surface area contributed by atoms with Gasteiger partial charge in [-0.3, -0.25) is 0 Å². The maximum atomic E-state index is 10.2. The summed E-state index contributed by atoms with van der Waals surface area (Å²) in [5.74, 6) is 0. The zero-order valence-electron chi connectivity index (χ0n) is 5.43. The third-order valence-electron chi connectivity index (χ3n) is 0.446. The first-order chi connectivity index (χ1) is 5.31. The Morgan fingerprint density at radius 1 is 1.55 bits per heavy atom. The molecule has 0 saturated carbocycles. The number of ether oxygens (including phenoxy) is 1. The van der Waals surface area contributed by atoms with Gasteiger partial charge in [0.15, 0.2) is 0 Å². The van der Waals surface area contributed by atoms with Crippen molar-refractivity contribution in [1.82, 2.24) is 0 Å². The molecule has 1 N–H and O–H groups in total. The van der Waals surface area contributed by atoms with Crippen LogP contribution in [-0.4, -0.2) is 13.2 Å². The summed E-state index contributed by atoms with van der Waals surface area (Å²) in [6.07, 6.45) is -0.843. The van der Waals surface area contributed by atoms with E-state index in [1.165, 1.54) is 7.11 Å². The number of rotatable bonds is 3. The molecule has 62 valence electrons. The molecule has 0 heterocycles. The van der Waals surface area contributed by atoms with Crippen molar-refractivity contribution >= 4 is 6.09 Å². The third kappa shape index (κ3) is 6.89. The molecular formula is C2H4IN6O2-. The number of nitrogens with zero attached hydrogens (tertiary/aromatic N) is 5. The van der Waals surface area contributed by atoms with E-state index in [1.54, 1.807) is 0 Å². The van der Waals surface area contributed by atoms with Crippen LogP contribution in [0.3, 0.4) is 0 Å². The zero-order chi connectivity index (χ0) is 8.53. The Kier molecular flexibility index (Phi) is 6.46. The second-order valence-electron chi connectivity index (χ2n) is 0.985. The number of methoxy groups -OCH3 is 1. The number of hydrogen-bond acceptors (Lipinski definition) is 5. The topological polar surface area (TPSA) is 112 Å². The van der Waals surface area contributed by atoms with Crippen LogP contribution in [0.4, 0.5) is 4.79 Å². The fraction of sp³-hybridized carbons (Fsp3) is 0.500. The van der Waals surface area contributed by atoms with Crippen molar-refractivity contribution in [2.24, 2.45) is 22.2 Å². The Morgan fingerprint density at radius 3 is 2.82 bits per heavy atom. The van der Waals surface area contributed by atoms with Gasteiger partial charge in [-0.1, -0.05) is 0 Å². The number of nitrogens with one attached hydrogen (secondary N) is 1. The summed E-state index contributed by atoms with van der Waals surface area (Å²) in [6, 6.07) is 0. The molecule has 0 bridgehead atoms. The summed E-state index contributed by atoms with van der Waals surface area (Å²) in [4.78, 5) is 10.2. The summed E-state index contributed by atoms with van der Waals surface area (Å²) in [6.45, 7) is 0. The number of hydrogen-bond donors (Lipinski definition) is 1. The van der Waals surface area contributed by atoms with Gasteiger partial charge in [-0.15, -0.1) is 0 Å². The van der Waals surface area contributed by atoms with E-state index in [0.29, 0.717) is 0 Å². The molecule has 11 heavy (non-hydrogen) atoms. The van der Waals surface area contributed by atoms with E-state index in [2.05, 4.69) is 27.0 Å². The van der Waals surface area contributed by atoms with Crippen molar-refractivity contribution in [2.45, 2.75) is 0 Å². The van der Waals surface area contributed by atoms with Crippen LogP contribution in [0.1, 0.15) is 0 Å². The van der Waals surface area contributed by atoms with Crippen LogP contribution >= 0.6 is 0 Å². The molecule has 0 radical (unpaired) electrons. The van der Waals surface area contributed by atoms with Gasteiger partial charge in [0.25, 0.3) is 0 Å². The molecule has 0 saturated heterocycles. The molecule has 9 heteroatoms. The first-order valence-electron chi connectivity index (χ1n) is 2.20. The molecule has 0 aromatic carbocycles. The van der Waals surface area contributed by atoms with E-state index in [-0.39, 0.29) is 0 Å². The molecule has 0 aliphatic carbocycles. The molecule has 0 fully saturated rings. The van der Waals surface area contributed by atoms with Gasteiger partial charge in [0.1, 0.15) is 0 Å². The van der Waals surface area contributed by atoms with Gasteiger partial charge in [0.05, 0.1) is 0 Å². The Hall–Kier alpha value is -1.000. The Bertz CT molecular complexity index is 189. The summed E-state index contributed by atoms with van der Waals surface area (Å²) in [5.41, 5.74) is 6.32. The summed E-state index contributed by atoms with van der Waals surface area (Å²) >= 11 is -0.965. The van der Waals surface area contributed by atoms with Gasteiger partial charge >= 0.3 is 72.2 Å². The quantitative estimate of drug-likeness (QED) is 0.383. The van der Waals surface area contributed by atoms with E-state index < -0.39 is 27.8 Å². The molecule has 0 aliphatic heterocycles. The van der Waals surface area contributed by atoms with Crippen molar-refractivity contribution in [1.29, 1.82) is 5.53 Å². The van der Waals surface area contributed by atoms with Crippen molar-refractivity contribution < 1.29 is 31.3 Å². The van der Waals surface area contributed by atoms with Crippen molar-refractivity contribution in [3.63, 3.8) is 0 Å². The van der Waals surface area contributed by atoms with E-state index in [1.807, 2.05) is 0 Å². The van der Waals surface area contributed by atoms with E-state index >= 15 is 0 Å². The second-order valence-corrected chi connectivity index (χ2v) is 2.33. The van der Waals surface area contributed by atoms with Crippen LogP contribution < -0.4 is 21.8 Å². The minimum atomic E-state index is -0.965. The molecule has 0 aliphatic rings. The summed E-state index contributed by atoms with van der Waals surface area (Å²) < 4.78 is 10.4. The zero-order valence-corrected chi connectivity index (χ0v) is 7.59. The van der Waals surface area contributed by atoms with E-state index in [0.717, 1.165) is 0 Å². The first-order valence-corrected chi connectivity index (χ1v) is 4.13. The molecule has 0 aromatic rings. The third-order valence-corrected chi connectivity index (χ3v) is 1.05. The predicted octanol–water partition coefficient (Wildman–Crippen LogP) is -1.48. The molecule has 1 amide bonds. The fourth-order valence-corrected chi connectivity index (χ4v) is 0.414. The Labute approximate surface area is 72.6 Å². The van der Waals surface area contributed by atoms with Gasteiger partial charge in [0.2, 0.25) is 0 Å². The van der Waals surface area contributed by atoms with Crippen LogP contribution in [0, 0.1) is 5.53 Å². The van der Waals surface area contributed by atoms with Gasteiger partial charge in [-0.2, -0.15) is 0 Å². The summed E-state index contributed by atoms with van der Waals surface area (Å²) in [5, 5.41) is 8.97. The molecule has 8 nitrogen and oxygen atoms in total. The van der Waals surface area contributed by atoms with E-state index in [9.17, 15) is 4.79 Å². The van der Waals surface area contributed by atoms with Crippen molar-refractivity contribution in [3.05, 3.63) is 0 Å². The molecule has 0 rings (SSSR count). The molecular weight excluding hydrogens is 267 g/mol. The first kappa shape index (κ1) is 10.0. The summed E-state index contributed by atoms with van der Waals surface area (Å²) in [7, 11) is 1.17. The van der Waals surface area contributed by atoms with Crippen LogP contribution in [-0.2, 0) is 4.74 Å². The van der Waals surface area contributed by atoms with Crippen molar-refractivity contribution in [2.75, 3.05) is 7.11 Å². The predicted molar refractivity (Wildman–Crippen MR) is 27.3 cm³/mol. The molecule has 0 unspecified atom stereocenters. The molecule has 0 atom stereocenters. The average molecular weight is 271 g/mol. The minimum absolute atomic E-state index is 0.843. The van der Waals surface area contributed by atoms with Crippen LogP contribution in [0.5, 0.6) is 0 Å². The van der Waals surface area contributed by atoms with Gasteiger partial charge in [-0.05, 0) is 0 Å². The standard InChI is InChI=1S/C2H4IN6O2/c1-11-2(10)5-8-9-7-3-6-4/h4H,1H3/q-1. The second kappa shape index (κ2) is 7.11. The van der Waals surface area contributed by atoms with Crippen molar-refractivity contribution in [3.8, 4) is 0 Å². The molecule has 0 spiro atoms. The van der Waals surface area contributed by atoms with Crippen LogP contribution in [0.15, 0.2) is 22.2 Å². The fourth-order valence-electron chi connectivity index (χ4n) is 0.144. The van der Waals surface area contributed by atoms with Gasteiger partial charge < -0.3 is 0 Å². The number of amides is 1. The SMILES string of the molecule is COC(=O)N=NN=N[I-]N=N. The average Bonchev–Trinajstić information content (AvgIpc) is 2.04. The maximum absolute atomic E-state index is 10.2. The van der Waals surface area contributed by atoms with Crippen LogP contribution in [0.2, 0.25) is 0 Å².